The quantitative estimate of drug-likeness (QED) is 0.658. The van der Waals surface area contributed by atoms with Crippen molar-refractivity contribution >= 4 is 6.09 Å². The van der Waals surface area contributed by atoms with Crippen molar-refractivity contribution < 1.29 is 14.3 Å². The van der Waals surface area contributed by atoms with Gasteiger partial charge in [-0.25, -0.2) is 4.79 Å². The molecule has 0 aliphatic carbocycles. The first-order chi connectivity index (χ1) is 6.11. The lowest BCUT2D eigenvalue weighted by atomic mass is 10.5. The van der Waals surface area contributed by atoms with Gasteiger partial charge in [0, 0.05) is 13.1 Å². The average molecular weight is 189 g/mol. The summed E-state index contributed by atoms with van der Waals surface area (Å²) in [5, 5.41) is 0. The molecule has 4 heteroatoms. The van der Waals surface area contributed by atoms with E-state index in [1.165, 1.54) is 7.11 Å². The van der Waals surface area contributed by atoms with Gasteiger partial charge in [0.2, 0.25) is 0 Å². The Morgan fingerprint density at radius 1 is 1.46 bits per heavy atom. The molecule has 0 saturated carbocycles. The van der Waals surface area contributed by atoms with Gasteiger partial charge in [-0.1, -0.05) is 0 Å². The number of carbonyl (C=O) groups is 1. The highest BCUT2D eigenvalue weighted by Crippen LogP contribution is 1.94. The standard InChI is InChI=1S/C9H19NO3/c1-5-10(9(11)12-4)6-7-13-8(2)3/h8H,5-7H2,1-4H3. The third-order valence-corrected chi connectivity index (χ3v) is 1.63. The molecule has 0 aromatic rings. The zero-order chi connectivity index (χ0) is 10.3. The van der Waals surface area contributed by atoms with E-state index in [0.29, 0.717) is 19.7 Å². The molecular weight excluding hydrogens is 170 g/mol. The second-order valence-corrected chi connectivity index (χ2v) is 2.97. The Balaban J connectivity index is 3.66. The zero-order valence-corrected chi connectivity index (χ0v) is 8.87. The topological polar surface area (TPSA) is 38.8 Å². The van der Waals surface area contributed by atoms with E-state index in [1.54, 1.807) is 4.90 Å². The maximum Gasteiger partial charge on any atom is 0.409 e. The van der Waals surface area contributed by atoms with Crippen LogP contribution in [0.2, 0.25) is 0 Å². The number of likely N-dealkylation sites (N-methyl/N-ethyl adjacent to an activating group) is 1. The minimum atomic E-state index is -0.296. The predicted octanol–water partition coefficient (Wildman–Crippen LogP) is 1.50. The number of hydrogen-bond acceptors (Lipinski definition) is 3. The van der Waals surface area contributed by atoms with Gasteiger partial charge in [0.25, 0.3) is 0 Å². The molecule has 4 nitrogen and oxygen atoms in total. The van der Waals surface area contributed by atoms with Crippen molar-refractivity contribution in [2.75, 3.05) is 26.8 Å². The number of ether oxygens (including phenoxy) is 2. The summed E-state index contributed by atoms with van der Waals surface area (Å²) in [6, 6.07) is 0. The van der Waals surface area contributed by atoms with Crippen LogP contribution in [0.15, 0.2) is 0 Å². The van der Waals surface area contributed by atoms with Crippen molar-refractivity contribution in [3.63, 3.8) is 0 Å². The van der Waals surface area contributed by atoms with E-state index < -0.39 is 0 Å². The van der Waals surface area contributed by atoms with E-state index in [4.69, 9.17) is 4.74 Å². The summed E-state index contributed by atoms with van der Waals surface area (Å²) < 4.78 is 9.91. The first kappa shape index (κ1) is 12.2. The van der Waals surface area contributed by atoms with Crippen LogP contribution in [-0.2, 0) is 9.47 Å². The van der Waals surface area contributed by atoms with E-state index >= 15 is 0 Å². The lowest BCUT2D eigenvalue weighted by molar-refractivity contribution is 0.0554. The van der Waals surface area contributed by atoms with Gasteiger partial charge in [-0.15, -0.1) is 0 Å². The molecule has 0 fully saturated rings. The number of nitrogens with zero attached hydrogens (tertiary/aromatic N) is 1. The first-order valence-corrected chi connectivity index (χ1v) is 4.56. The van der Waals surface area contributed by atoms with Crippen LogP contribution in [0, 0.1) is 0 Å². The molecule has 0 aliphatic rings. The van der Waals surface area contributed by atoms with Gasteiger partial charge < -0.3 is 14.4 Å². The normalized spacial score (nSPS) is 10.2. The van der Waals surface area contributed by atoms with Crippen LogP contribution in [0.5, 0.6) is 0 Å². The fourth-order valence-electron chi connectivity index (χ4n) is 0.906. The van der Waals surface area contributed by atoms with E-state index in [1.807, 2.05) is 20.8 Å². The summed E-state index contributed by atoms with van der Waals surface area (Å²) in [4.78, 5) is 12.7. The summed E-state index contributed by atoms with van der Waals surface area (Å²) in [6.07, 6.45) is -0.0915. The molecule has 0 saturated heterocycles. The van der Waals surface area contributed by atoms with Crippen molar-refractivity contribution in [2.45, 2.75) is 26.9 Å². The van der Waals surface area contributed by atoms with Crippen LogP contribution in [0.4, 0.5) is 4.79 Å². The number of amides is 1. The lowest BCUT2D eigenvalue weighted by Crippen LogP contribution is -2.34. The lowest BCUT2D eigenvalue weighted by Gasteiger charge is -2.19. The van der Waals surface area contributed by atoms with Crippen LogP contribution >= 0.6 is 0 Å². The van der Waals surface area contributed by atoms with Crippen LogP contribution < -0.4 is 0 Å². The summed E-state index contributed by atoms with van der Waals surface area (Å²) in [5.41, 5.74) is 0. The minimum absolute atomic E-state index is 0.205. The Kier molecular flexibility index (Phi) is 6.32. The molecule has 13 heavy (non-hydrogen) atoms. The fourth-order valence-corrected chi connectivity index (χ4v) is 0.906. The molecule has 0 radical (unpaired) electrons. The van der Waals surface area contributed by atoms with Crippen LogP contribution in [0.3, 0.4) is 0 Å². The second kappa shape index (κ2) is 6.71. The Bertz CT molecular complexity index is 148. The Morgan fingerprint density at radius 3 is 2.46 bits per heavy atom. The molecule has 0 aromatic heterocycles. The van der Waals surface area contributed by atoms with E-state index in [-0.39, 0.29) is 12.2 Å². The van der Waals surface area contributed by atoms with E-state index in [2.05, 4.69) is 4.74 Å². The van der Waals surface area contributed by atoms with Crippen molar-refractivity contribution in [1.29, 1.82) is 0 Å². The van der Waals surface area contributed by atoms with Crippen LogP contribution in [0.1, 0.15) is 20.8 Å². The third kappa shape index (κ3) is 5.47. The summed E-state index contributed by atoms with van der Waals surface area (Å²) in [5.74, 6) is 0. The van der Waals surface area contributed by atoms with Crippen molar-refractivity contribution in [3.05, 3.63) is 0 Å². The van der Waals surface area contributed by atoms with Gasteiger partial charge in [-0.3, -0.25) is 0 Å². The van der Waals surface area contributed by atoms with E-state index in [9.17, 15) is 4.79 Å². The van der Waals surface area contributed by atoms with Crippen molar-refractivity contribution in [1.82, 2.24) is 4.90 Å². The van der Waals surface area contributed by atoms with Gasteiger partial charge in [-0.05, 0) is 20.8 Å². The Hall–Kier alpha value is -0.770. The maximum atomic E-state index is 11.1. The average Bonchev–Trinajstić information content (AvgIpc) is 2.11. The second-order valence-electron chi connectivity index (χ2n) is 2.97. The van der Waals surface area contributed by atoms with Gasteiger partial charge in [0.05, 0.1) is 19.8 Å². The largest absolute Gasteiger partial charge is 0.453 e. The number of hydrogen-bond donors (Lipinski definition) is 0. The molecule has 0 spiro atoms. The summed E-state index contributed by atoms with van der Waals surface area (Å²) in [6.45, 7) is 7.63. The molecular formula is C9H19NO3. The minimum Gasteiger partial charge on any atom is -0.453 e. The maximum absolute atomic E-state index is 11.1. The van der Waals surface area contributed by atoms with Gasteiger partial charge in [-0.2, -0.15) is 0 Å². The molecule has 0 aromatic carbocycles. The van der Waals surface area contributed by atoms with Crippen molar-refractivity contribution in [3.8, 4) is 0 Å². The first-order valence-electron chi connectivity index (χ1n) is 4.56. The van der Waals surface area contributed by atoms with Crippen LogP contribution in [-0.4, -0.2) is 43.9 Å². The smallest absolute Gasteiger partial charge is 0.409 e. The van der Waals surface area contributed by atoms with Gasteiger partial charge in [0.15, 0.2) is 0 Å². The summed E-state index contributed by atoms with van der Waals surface area (Å²) in [7, 11) is 1.38. The van der Waals surface area contributed by atoms with Gasteiger partial charge >= 0.3 is 6.09 Å². The molecule has 0 N–H and O–H groups in total. The highest BCUT2D eigenvalue weighted by molar-refractivity contribution is 5.67. The van der Waals surface area contributed by atoms with Crippen LogP contribution in [0.25, 0.3) is 0 Å². The fraction of sp³-hybridized carbons (Fsp3) is 0.889. The monoisotopic (exact) mass is 189 g/mol. The third-order valence-electron chi connectivity index (χ3n) is 1.63. The molecule has 0 aliphatic heterocycles. The van der Waals surface area contributed by atoms with E-state index in [0.717, 1.165) is 0 Å². The van der Waals surface area contributed by atoms with Gasteiger partial charge in [0.1, 0.15) is 0 Å². The molecule has 0 rings (SSSR count). The molecule has 0 bridgehead atoms. The predicted molar refractivity (Wildman–Crippen MR) is 50.7 cm³/mol. The zero-order valence-electron chi connectivity index (χ0n) is 8.87. The molecule has 0 atom stereocenters. The Morgan fingerprint density at radius 2 is 2.08 bits per heavy atom. The molecule has 78 valence electrons. The number of methoxy groups -OCH3 is 1. The summed E-state index contributed by atoms with van der Waals surface area (Å²) >= 11 is 0. The number of rotatable bonds is 5. The SMILES string of the molecule is CCN(CCOC(C)C)C(=O)OC. The number of carbonyl (C=O) groups excluding carboxylic acids is 1. The molecule has 0 heterocycles. The highest BCUT2D eigenvalue weighted by atomic mass is 16.5. The van der Waals surface area contributed by atoms with Crippen molar-refractivity contribution in [2.24, 2.45) is 0 Å². The highest BCUT2D eigenvalue weighted by Gasteiger charge is 2.10. The molecule has 0 unspecified atom stereocenters. The molecule has 1 amide bonds. The Labute approximate surface area is 79.8 Å².